The van der Waals surface area contributed by atoms with Gasteiger partial charge < -0.3 is 5.32 Å². The molecule has 2 fully saturated rings. The maximum atomic E-state index is 3.70. The monoisotopic (exact) mass is 238 g/mol. The Morgan fingerprint density at radius 1 is 1.29 bits per heavy atom. The lowest BCUT2D eigenvalue weighted by Gasteiger charge is -2.45. The Labute approximate surface area is 107 Å². The smallest absolute Gasteiger partial charge is 0.0278 e. The Morgan fingerprint density at radius 3 is 2.65 bits per heavy atom. The second kappa shape index (κ2) is 5.27. The maximum Gasteiger partial charge on any atom is 0.0278 e. The molecule has 0 spiro atoms. The van der Waals surface area contributed by atoms with E-state index in [0.29, 0.717) is 5.54 Å². The van der Waals surface area contributed by atoms with E-state index >= 15 is 0 Å². The second-order valence-corrected chi connectivity index (χ2v) is 6.48. The highest BCUT2D eigenvalue weighted by atomic mass is 15.2. The minimum Gasteiger partial charge on any atom is -0.309 e. The second-order valence-electron chi connectivity index (χ2n) is 6.48. The highest BCUT2D eigenvalue weighted by molar-refractivity contribution is 4.96. The van der Waals surface area contributed by atoms with Crippen LogP contribution in [0.3, 0.4) is 0 Å². The maximum absolute atomic E-state index is 3.70. The van der Waals surface area contributed by atoms with Gasteiger partial charge in [-0.15, -0.1) is 0 Å². The van der Waals surface area contributed by atoms with Crippen molar-refractivity contribution in [3.8, 4) is 0 Å². The predicted molar refractivity (Wildman–Crippen MR) is 74.2 cm³/mol. The van der Waals surface area contributed by atoms with E-state index in [1.807, 2.05) is 0 Å². The van der Waals surface area contributed by atoms with Crippen LogP contribution in [0.15, 0.2) is 0 Å². The molecule has 2 rings (SSSR count). The molecule has 2 heteroatoms. The van der Waals surface area contributed by atoms with Gasteiger partial charge in [0.05, 0.1) is 0 Å². The van der Waals surface area contributed by atoms with Gasteiger partial charge >= 0.3 is 0 Å². The molecule has 2 aliphatic rings. The minimum absolute atomic E-state index is 0.349. The summed E-state index contributed by atoms with van der Waals surface area (Å²) in [7, 11) is 0. The average Bonchev–Trinajstić information content (AvgIpc) is 2.70. The molecule has 0 bridgehead atoms. The van der Waals surface area contributed by atoms with Crippen molar-refractivity contribution in [1.82, 2.24) is 10.2 Å². The van der Waals surface area contributed by atoms with E-state index in [1.165, 1.54) is 45.3 Å². The van der Waals surface area contributed by atoms with Gasteiger partial charge in [0.15, 0.2) is 0 Å². The third-order valence-corrected chi connectivity index (χ3v) is 5.46. The third kappa shape index (κ3) is 2.68. The zero-order valence-electron chi connectivity index (χ0n) is 12.1. The molecule has 100 valence electrons. The fraction of sp³-hybridized carbons (Fsp3) is 1.00. The van der Waals surface area contributed by atoms with Crippen molar-refractivity contribution in [3.05, 3.63) is 0 Å². The normalized spacial score (nSPS) is 44.1. The van der Waals surface area contributed by atoms with Gasteiger partial charge in [0.25, 0.3) is 0 Å². The first-order valence-electron chi connectivity index (χ1n) is 7.58. The van der Waals surface area contributed by atoms with E-state index in [9.17, 15) is 0 Å². The zero-order chi connectivity index (χ0) is 12.5. The molecule has 4 atom stereocenters. The van der Waals surface area contributed by atoms with Crippen LogP contribution in [-0.4, -0.2) is 36.1 Å². The van der Waals surface area contributed by atoms with Crippen LogP contribution in [0.25, 0.3) is 0 Å². The van der Waals surface area contributed by atoms with Crippen LogP contribution in [0.1, 0.15) is 53.4 Å². The Morgan fingerprint density at radius 2 is 2.06 bits per heavy atom. The van der Waals surface area contributed by atoms with Crippen molar-refractivity contribution >= 4 is 0 Å². The molecule has 1 saturated carbocycles. The summed E-state index contributed by atoms with van der Waals surface area (Å²) in [5.41, 5.74) is 0.349. The van der Waals surface area contributed by atoms with E-state index in [1.54, 1.807) is 0 Å². The van der Waals surface area contributed by atoms with E-state index < -0.39 is 0 Å². The van der Waals surface area contributed by atoms with E-state index in [-0.39, 0.29) is 0 Å². The fourth-order valence-electron chi connectivity index (χ4n) is 3.92. The SMILES string of the molecule is CCC1CCC(N2CCNC(C)(CC)C2)C1C. The van der Waals surface area contributed by atoms with Crippen molar-refractivity contribution in [2.75, 3.05) is 19.6 Å². The molecule has 1 aliphatic heterocycles. The Bertz CT molecular complexity index is 253. The van der Waals surface area contributed by atoms with Crippen LogP contribution in [0.5, 0.6) is 0 Å². The molecule has 4 unspecified atom stereocenters. The molecule has 0 amide bonds. The van der Waals surface area contributed by atoms with Gasteiger partial charge in [0, 0.05) is 31.2 Å². The van der Waals surface area contributed by atoms with E-state index in [2.05, 4.69) is 37.9 Å². The molecule has 2 nitrogen and oxygen atoms in total. The Hall–Kier alpha value is -0.0800. The molecule has 17 heavy (non-hydrogen) atoms. The van der Waals surface area contributed by atoms with Crippen LogP contribution in [0, 0.1) is 11.8 Å². The molecular formula is C15H30N2. The number of nitrogens with zero attached hydrogens (tertiary/aromatic N) is 1. The van der Waals surface area contributed by atoms with Gasteiger partial charge in [-0.05, 0) is 38.0 Å². The summed E-state index contributed by atoms with van der Waals surface area (Å²) in [5.74, 6) is 1.88. The molecule has 1 aliphatic carbocycles. The standard InChI is InChI=1S/C15H30N2/c1-5-13-7-8-14(12(13)3)17-10-9-16-15(4,6-2)11-17/h12-14,16H,5-11H2,1-4H3. The third-order valence-electron chi connectivity index (χ3n) is 5.46. The fourth-order valence-corrected chi connectivity index (χ4v) is 3.92. The number of hydrogen-bond acceptors (Lipinski definition) is 2. The molecule has 0 radical (unpaired) electrons. The molecular weight excluding hydrogens is 208 g/mol. The average molecular weight is 238 g/mol. The van der Waals surface area contributed by atoms with Crippen molar-refractivity contribution < 1.29 is 0 Å². The predicted octanol–water partition coefficient (Wildman–Crippen LogP) is 2.89. The van der Waals surface area contributed by atoms with Crippen LogP contribution in [0.4, 0.5) is 0 Å². The summed E-state index contributed by atoms with van der Waals surface area (Å²) < 4.78 is 0. The van der Waals surface area contributed by atoms with Crippen LogP contribution < -0.4 is 5.32 Å². The highest BCUT2D eigenvalue weighted by Crippen LogP contribution is 2.37. The summed E-state index contributed by atoms with van der Waals surface area (Å²) in [6.45, 7) is 13.2. The lowest BCUT2D eigenvalue weighted by atomic mass is 9.90. The van der Waals surface area contributed by atoms with Crippen molar-refractivity contribution in [2.24, 2.45) is 11.8 Å². The molecule has 0 aromatic heterocycles. The first kappa shape index (κ1) is 13.4. The minimum atomic E-state index is 0.349. The lowest BCUT2D eigenvalue weighted by Crippen LogP contribution is -2.61. The Kier molecular flexibility index (Phi) is 4.14. The number of hydrogen-bond donors (Lipinski definition) is 1. The van der Waals surface area contributed by atoms with Crippen LogP contribution in [-0.2, 0) is 0 Å². The van der Waals surface area contributed by atoms with Crippen molar-refractivity contribution in [2.45, 2.75) is 65.0 Å². The van der Waals surface area contributed by atoms with Gasteiger partial charge in [-0.25, -0.2) is 0 Å². The van der Waals surface area contributed by atoms with Gasteiger partial charge in [0.2, 0.25) is 0 Å². The molecule has 0 aromatic rings. The number of piperazine rings is 1. The summed E-state index contributed by atoms with van der Waals surface area (Å²) in [6.07, 6.45) is 5.49. The van der Waals surface area contributed by atoms with E-state index in [0.717, 1.165) is 17.9 Å². The van der Waals surface area contributed by atoms with Gasteiger partial charge in [-0.1, -0.05) is 27.2 Å². The quantitative estimate of drug-likeness (QED) is 0.813. The topological polar surface area (TPSA) is 15.3 Å². The Balaban J connectivity index is 1.98. The molecule has 1 heterocycles. The van der Waals surface area contributed by atoms with Gasteiger partial charge in [-0.2, -0.15) is 0 Å². The molecule has 1 saturated heterocycles. The summed E-state index contributed by atoms with van der Waals surface area (Å²) in [4.78, 5) is 2.78. The van der Waals surface area contributed by atoms with Crippen LogP contribution >= 0.6 is 0 Å². The molecule has 1 N–H and O–H groups in total. The van der Waals surface area contributed by atoms with Crippen molar-refractivity contribution in [3.63, 3.8) is 0 Å². The summed E-state index contributed by atoms with van der Waals surface area (Å²) >= 11 is 0. The molecule has 0 aromatic carbocycles. The van der Waals surface area contributed by atoms with Crippen LogP contribution in [0.2, 0.25) is 0 Å². The van der Waals surface area contributed by atoms with Gasteiger partial charge in [-0.3, -0.25) is 4.90 Å². The highest BCUT2D eigenvalue weighted by Gasteiger charge is 2.39. The number of rotatable bonds is 3. The van der Waals surface area contributed by atoms with Gasteiger partial charge in [0.1, 0.15) is 0 Å². The first-order valence-corrected chi connectivity index (χ1v) is 7.58. The number of nitrogens with one attached hydrogen (secondary N) is 1. The zero-order valence-corrected chi connectivity index (χ0v) is 12.1. The summed E-state index contributed by atoms with van der Waals surface area (Å²) in [5, 5.41) is 3.70. The van der Waals surface area contributed by atoms with E-state index in [4.69, 9.17) is 0 Å². The first-order chi connectivity index (χ1) is 8.09. The van der Waals surface area contributed by atoms with Crippen molar-refractivity contribution in [1.29, 1.82) is 0 Å². The summed E-state index contributed by atoms with van der Waals surface area (Å²) in [6, 6.07) is 0.855. The largest absolute Gasteiger partial charge is 0.309 e. The lowest BCUT2D eigenvalue weighted by molar-refractivity contribution is 0.0771.